The lowest BCUT2D eigenvalue weighted by Gasteiger charge is -2.26. The lowest BCUT2D eigenvalue weighted by molar-refractivity contribution is 0.196. The Morgan fingerprint density at radius 1 is 1.47 bits per heavy atom. The first-order valence-corrected chi connectivity index (χ1v) is 7.06. The van der Waals surface area contributed by atoms with Gasteiger partial charge in [0, 0.05) is 13.1 Å². The lowest BCUT2D eigenvalue weighted by atomic mass is 10.3. The van der Waals surface area contributed by atoms with Gasteiger partial charge < -0.3 is 4.52 Å². The molecule has 0 bridgehead atoms. The van der Waals surface area contributed by atoms with Crippen LogP contribution in [0.5, 0.6) is 0 Å². The van der Waals surface area contributed by atoms with Crippen molar-refractivity contribution in [2.75, 3.05) is 13.1 Å². The van der Waals surface area contributed by atoms with E-state index in [4.69, 9.17) is 9.79 Å². The van der Waals surface area contributed by atoms with Crippen LogP contribution in [-0.2, 0) is 9.09 Å². The minimum absolute atomic E-state index is 0.138. The first-order valence-electron chi connectivity index (χ1n) is 5.49. The third-order valence-electron chi connectivity index (χ3n) is 2.24. The van der Waals surface area contributed by atoms with E-state index in [1.54, 1.807) is 4.67 Å². The van der Waals surface area contributed by atoms with Crippen molar-refractivity contribution in [2.45, 2.75) is 46.6 Å². The molecule has 0 N–H and O–H groups in total. The van der Waals surface area contributed by atoms with Crippen LogP contribution in [0.2, 0.25) is 0 Å². The summed E-state index contributed by atoms with van der Waals surface area (Å²) in [5.41, 5.74) is 0. The molecule has 0 aromatic heterocycles. The zero-order valence-electron chi connectivity index (χ0n) is 10.1. The molecular formula is C10H21N2O2P. The van der Waals surface area contributed by atoms with Gasteiger partial charge >= 0.3 is 7.52 Å². The third-order valence-corrected chi connectivity index (χ3v) is 4.37. The molecule has 0 aromatic carbocycles. The highest BCUT2D eigenvalue weighted by Crippen LogP contribution is 2.50. The number of nitrogens with zero attached hydrogens (tertiary/aromatic N) is 2. The van der Waals surface area contributed by atoms with Gasteiger partial charge in [-0.25, -0.2) is 4.67 Å². The van der Waals surface area contributed by atoms with E-state index in [1.165, 1.54) is 0 Å². The molecule has 4 nitrogen and oxygen atoms in total. The first-order chi connectivity index (χ1) is 7.03. The summed E-state index contributed by atoms with van der Waals surface area (Å²) in [7, 11) is -3.26. The second-order valence-electron chi connectivity index (χ2n) is 3.49. The fraction of sp³-hybridized carbons (Fsp3) is 0.900. The molecule has 0 aromatic rings. The van der Waals surface area contributed by atoms with Crippen molar-refractivity contribution in [3.8, 4) is 5.81 Å². The molecule has 0 saturated heterocycles. The maximum atomic E-state index is 12.2. The smallest absolute Gasteiger partial charge is 0.304 e. The van der Waals surface area contributed by atoms with E-state index < -0.39 is 7.52 Å². The molecule has 0 aliphatic carbocycles. The predicted octanol–water partition coefficient (Wildman–Crippen LogP) is 3.21. The van der Waals surface area contributed by atoms with Crippen molar-refractivity contribution in [1.82, 2.24) is 4.67 Å². The summed E-state index contributed by atoms with van der Waals surface area (Å²) in [5, 5.41) is 8.98. The maximum absolute atomic E-state index is 12.2. The zero-order chi connectivity index (χ0) is 11.9. The molecule has 5 heteroatoms. The van der Waals surface area contributed by atoms with Crippen LogP contribution >= 0.6 is 7.52 Å². The highest BCUT2D eigenvalue weighted by Gasteiger charge is 2.31. The highest BCUT2D eigenvalue weighted by molar-refractivity contribution is 7.61. The number of hydrogen-bond acceptors (Lipinski definition) is 3. The van der Waals surface area contributed by atoms with Crippen LogP contribution in [0.1, 0.15) is 40.5 Å². The second kappa shape index (κ2) is 7.00. The van der Waals surface area contributed by atoms with Crippen molar-refractivity contribution >= 4 is 7.52 Å². The van der Waals surface area contributed by atoms with Crippen molar-refractivity contribution in [1.29, 1.82) is 5.26 Å². The summed E-state index contributed by atoms with van der Waals surface area (Å²) < 4.78 is 19.2. The minimum Gasteiger partial charge on any atom is -0.304 e. The largest absolute Gasteiger partial charge is 0.371 e. The van der Waals surface area contributed by atoms with E-state index in [9.17, 15) is 4.57 Å². The number of rotatable bonds is 7. The van der Waals surface area contributed by atoms with E-state index in [-0.39, 0.29) is 6.10 Å². The van der Waals surface area contributed by atoms with Gasteiger partial charge in [0.1, 0.15) is 0 Å². The molecule has 0 spiro atoms. The van der Waals surface area contributed by atoms with Gasteiger partial charge in [0.15, 0.2) is 5.81 Å². The molecule has 15 heavy (non-hydrogen) atoms. The Bertz CT molecular complexity index is 263. The van der Waals surface area contributed by atoms with E-state index in [0.29, 0.717) is 13.1 Å². The Balaban J connectivity index is 4.67. The summed E-state index contributed by atoms with van der Waals surface area (Å²) in [4.78, 5) is 0. The summed E-state index contributed by atoms with van der Waals surface area (Å²) >= 11 is 0. The van der Waals surface area contributed by atoms with Crippen molar-refractivity contribution in [3.05, 3.63) is 0 Å². The average molecular weight is 232 g/mol. The van der Waals surface area contributed by atoms with Gasteiger partial charge in [0.2, 0.25) is 0 Å². The fourth-order valence-electron chi connectivity index (χ4n) is 1.21. The molecule has 2 unspecified atom stereocenters. The number of nitriles is 1. The minimum atomic E-state index is -3.26. The van der Waals surface area contributed by atoms with E-state index in [1.807, 2.05) is 33.5 Å². The molecule has 0 saturated carbocycles. The van der Waals surface area contributed by atoms with Gasteiger partial charge in [-0.05, 0) is 19.8 Å². The Labute approximate surface area is 92.7 Å². The molecule has 0 amide bonds. The topological polar surface area (TPSA) is 53.3 Å². The Kier molecular flexibility index (Phi) is 6.84. The quantitative estimate of drug-likeness (QED) is 0.632. The summed E-state index contributed by atoms with van der Waals surface area (Å²) in [5.74, 6) is 1.84. The van der Waals surface area contributed by atoms with Gasteiger partial charge in [-0.15, -0.1) is 0 Å². The van der Waals surface area contributed by atoms with Crippen LogP contribution < -0.4 is 0 Å². The van der Waals surface area contributed by atoms with Crippen molar-refractivity contribution < 1.29 is 9.09 Å². The van der Waals surface area contributed by atoms with E-state index in [2.05, 4.69) is 0 Å². The Hall–Kier alpha value is -0.360. The summed E-state index contributed by atoms with van der Waals surface area (Å²) in [6, 6.07) is 0. The SMILES string of the molecule is CCCN(CC)P(=O)(C#N)OC(C)CC. The lowest BCUT2D eigenvalue weighted by Crippen LogP contribution is -2.23. The second-order valence-corrected chi connectivity index (χ2v) is 5.51. The predicted molar refractivity (Wildman–Crippen MR) is 61.6 cm³/mol. The molecule has 2 atom stereocenters. The van der Waals surface area contributed by atoms with Gasteiger partial charge in [-0.3, -0.25) is 4.57 Å². The van der Waals surface area contributed by atoms with E-state index >= 15 is 0 Å². The van der Waals surface area contributed by atoms with Crippen molar-refractivity contribution in [3.63, 3.8) is 0 Å². The van der Waals surface area contributed by atoms with Crippen LogP contribution in [0.3, 0.4) is 0 Å². The third kappa shape index (κ3) is 4.34. The van der Waals surface area contributed by atoms with Crippen molar-refractivity contribution in [2.24, 2.45) is 0 Å². The van der Waals surface area contributed by atoms with Gasteiger partial charge in [0.05, 0.1) is 6.10 Å². The standard InChI is InChI=1S/C10H21N2O2P/c1-5-8-12(7-3)15(13,9-11)14-10(4)6-2/h10H,5-8H2,1-4H3. The molecule has 0 radical (unpaired) electrons. The molecule has 0 fully saturated rings. The average Bonchev–Trinajstić information content (AvgIpc) is 2.25. The monoisotopic (exact) mass is 232 g/mol. The molecule has 0 heterocycles. The van der Waals surface area contributed by atoms with Crippen LogP contribution in [0.25, 0.3) is 0 Å². The molecule has 0 aliphatic heterocycles. The maximum Gasteiger partial charge on any atom is 0.371 e. The van der Waals surface area contributed by atoms with E-state index in [0.717, 1.165) is 12.8 Å². The molecule has 88 valence electrons. The van der Waals surface area contributed by atoms with Crippen LogP contribution in [0.15, 0.2) is 0 Å². The summed E-state index contributed by atoms with van der Waals surface area (Å²) in [6.45, 7) is 8.88. The van der Waals surface area contributed by atoms with Crippen LogP contribution in [0.4, 0.5) is 0 Å². The normalized spacial score (nSPS) is 17.1. The molecule has 0 aliphatic rings. The van der Waals surface area contributed by atoms with Gasteiger partial charge in [-0.2, -0.15) is 5.26 Å². The van der Waals surface area contributed by atoms with Gasteiger partial charge in [-0.1, -0.05) is 20.8 Å². The molecular weight excluding hydrogens is 211 g/mol. The summed E-state index contributed by atoms with van der Waals surface area (Å²) in [6.07, 6.45) is 1.49. The zero-order valence-corrected chi connectivity index (χ0v) is 11.0. The first kappa shape index (κ1) is 14.6. The highest BCUT2D eigenvalue weighted by atomic mass is 31.2. The molecule has 0 rings (SSSR count). The number of hydrogen-bond donors (Lipinski definition) is 0. The van der Waals surface area contributed by atoms with Gasteiger partial charge in [0.25, 0.3) is 0 Å². The van der Waals surface area contributed by atoms with Crippen LogP contribution in [0, 0.1) is 11.1 Å². The van der Waals surface area contributed by atoms with Crippen LogP contribution in [-0.4, -0.2) is 23.9 Å². The Morgan fingerprint density at radius 2 is 2.07 bits per heavy atom. The fourth-order valence-corrected chi connectivity index (χ4v) is 2.99. The Morgan fingerprint density at radius 3 is 2.40 bits per heavy atom.